The van der Waals surface area contributed by atoms with Gasteiger partial charge in [-0.15, -0.1) is 4.91 Å². The summed E-state index contributed by atoms with van der Waals surface area (Å²) in [5.74, 6) is 0.260. The molecule has 1 aromatic carbocycles. The Morgan fingerprint density at radius 3 is 3.07 bits per heavy atom. The molecule has 0 atom stereocenters. The van der Waals surface area contributed by atoms with Gasteiger partial charge in [0.15, 0.2) is 0 Å². The van der Waals surface area contributed by atoms with E-state index in [1.54, 1.807) is 6.07 Å². The highest BCUT2D eigenvalue weighted by Gasteiger charge is 2.16. The number of nitroso groups, excluding NO2 is 1. The zero-order valence-corrected chi connectivity index (χ0v) is 7.32. The Labute approximate surface area is 80.0 Å². The third kappa shape index (κ3) is 1.44. The van der Waals surface area contributed by atoms with Gasteiger partial charge in [-0.3, -0.25) is 4.79 Å². The number of carbonyl (C=O) groups excluding carboxylic acids is 1. The molecule has 1 aliphatic heterocycles. The number of benzene rings is 1. The van der Waals surface area contributed by atoms with Gasteiger partial charge in [0, 0.05) is 0 Å². The van der Waals surface area contributed by atoms with E-state index in [0.717, 1.165) is 0 Å². The van der Waals surface area contributed by atoms with Crippen LogP contribution in [0.1, 0.15) is 10.4 Å². The van der Waals surface area contributed by atoms with Crippen molar-refractivity contribution in [2.24, 2.45) is 5.18 Å². The SMILES string of the molecule is O=Nc1ccc2c(c1)C(=O)NCCO2. The lowest BCUT2D eigenvalue weighted by Gasteiger charge is -2.04. The number of ether oxygens (including phenoxy) is 1. The monoisotopic (exact) mass is 192 g/mol. The number of amides is 1. The second-order valence-electron chi connectivity index (χ2n) is 2.88. The van der Waals surface area contributed by atoms with Crippen LogP contribution < -0.4 is 10.1 Å². The number of hydrogen-bond acceptors (Lipinski definition) is 4. The number of nitrogens with zero attached hydrogens (tertiary/aromatic N) is 1. The van der Waals surface area contributed by atoms with Crippen molar-refractivity contribution >= 4 is 11.6 Å². The molecular weight excluding hydrogens is 184 g/mol. The van der Waals surface area contributed by atoms with Crippen molar-refractivity contribution in [2.75, 3.05) is 13.2 Å². The topological polar surface area (TPSA) is 67.8 Å². The molecule has 1 amide bonds. The van der Waals surface area contributed by atoms with E-state index in [2.05, 4.69) is 10.5 Å². The lowest BCUT2D eigenvalue weighted by atomic mass is 10.1. The van der Waals surface area contributed by atoms with E-state index >= 15 is 0 Å². The van der Waals surface area contributed by atoms with Gasteiger partial charge in [0.25, 0.3) is 5.91 Å². The van der Waals surface area contributed by atoms with Crippen LogP contribution in [0.2, 0.25) is 0 Å². The minimum absolute atomic E-state index is 0.226. The molecule has 0 unspecified atom stereocenters. The summed E-state index contributed by atoms with van der Waals surface area (Å²) in [7, 11) is 0. The highest BCUT2D eigenvalue weighted by Crippen LogP contribution is 2.25. The summed E-state index contributed by atoms with van der Waals surface area (Å²) in [6.07, 6.45) is 0. The standard InChI is InChI=1S/C9H8N2O3/c12-9-7-5-6(11-13)1-2-8(7)14-4-3-10-9/h1-2,5H,3-4H2,(H,10,12). The van der Waals surface area contributed by atoms with Crippen LogP contribution in [0.4, 0.5) is 5.69 Å². The summed E-state index contributed by atoms with van der Waals surface area (Å²) in [5, 5.41) is 5.40. The maximum Gasteiger partial charge on any atom is 0.255 e. The fraction of sp³-hybridized carbons (Fsp3) is 0.222. The summed E-state index contributed by atoms with van der Waals surface area (Å²) in [6, 6.07) is 4.52. The molecule has 0 saturated carbocycles. The summed E-state index contributed by atoms with van der Waals surface area (Å²) in [4.78, 5) is 21.7. The molecular formula is C9H8N2O3. The van der Waals surface area contributed by atoms with Gasteiger partial charge in [0.2, 0.25) is 0 Å². The average molecular weight is 192 g/mol. The molecule has 0 aliphatic carbocycles. The number of nitrogens with one attached hydrogen (secondary N) is 1. The lowest BCUT2D eigenvalue weighted by molar-refractivity contribution is 0.0957. The Hall–Kier alpha value is -1.91. The first-order valence-corrected chi connectivity index (χ1v) is 4.19. The van der Waals surface area contributed by atoms with Gasteiger partial charge in [-0.2, -0.15) is 0 Å². The molecule has 5 heteroatoms. The van der Waals surface area contributed by atoms with Crippen LogP contribution in [0.25, 0.3) is 0 Å². The van der Waals surface area contributed by atoms with Crippen molar-refractivity contribution in [3.05, 3.63) is 28.7 Å². The van der Waals surface area contributed by atoms with Crippen molar-refractivity contribution in [1.82, 2.24) is 5.32 Å². The van der Waals surface area contributed by atoms with Gasteiger partial charge in [-0.05, 0) is 23.4 Å². The molecule has 5 nitrogen and oxygen atoms in total. The molecule has 1 aromatic rings. The largest absolute Gasteiger partial charge is 0.491 e. The van der Waals surface area contributed by atoms with Gasteiger partial charge in [-0.25, -0.2) is 0 Å². The minimum Gasteiger partial charge on any atom is -0.491 e. The molecule has 0 bridgehead atoms. The third-order valence-corrected chi connectivity index (χ3v) is 1.96. The van der Waals surface area contributed by atoms with E-state index in [1.165, 1.54) is 12.1 Å². The molecule has 0 spiro atoms. The molecule has 0 saturated heterocycles. The average Bonchev–Trinajstić information content (AvgIpc) is 2.40. The second-order valence-corrected chi connectivity index (χ2v) is 2.88. The number of carbonyl (C=O) groups is 1. The number of hydrogen-bond donors (Lipinski definition) is 1. The van der Waals surface area contributed by atoms with Crippen molar-refractivity contribution in [1.29, 1.82) is 0 Å². The van der Waals surface area contributed by atoms with Crippen LogP contribution in [0.5, 0.6) is 5.75 Å². The molecule has 2 rings (SSSR count). The second kappa shape index (κ2) is 3.45. The van der Waals surface area contributed by atoms with Gasteiger partial charge in [0.1, 0.15) is 18.0 Å². The van der Waals surface area contributed by atoms with E-state index in [0.29, 0.717) is 24.5 Å². The normalized spacial score (nSPS) is 14.7. The first-order chi connectivity index (χ1) is 6.81. The van der Waals surface area contributed by atoms with E-state index in [9.17, 15) is 9.70 Å². The Morgan fingerprint density at radius 1 is 1.43 bits per heavy atom. The molecule has 0 radical (unpaired) electrons. The summed E-state index contributed by atoms with van der Waals surface area (Å²) in [6.45, 7) is 0.907. The van der Waals surface area contributed by atoms with Gasteiger partial charge < -0.3 is 10.1 Å². The summed E-state index contributed by atoms with van der Waals surface area (Å²) in [5.41, 5.74) is 0.587. The maximum absolute atomic E-state index is 11.4. The minimum atomic E-state index is -0.233. The van der Waals surface area contributed by atoms with Crippen molar-refractivity contribution in [3.63, 3.8) is 0 Å². The smallest absolute Gasteiger partial charge is 0.255 e. The lowest BCUT2D eigenvalue weighted by Crippen LogP contribution is -2.24. The van der Waals surface area contributed by atoms with Crippen molar-refractivity contribution < 1.29 is 9.53 Å². The summed E-state index contributed by atoms with van der Waals surface area (Å²) >= 11 is 0. The van der Waals surface area contributed by atoms with Crippen LogP contribution in [-0.2, 0) is 0 Å². The van der Waals surface area contributed by atoms with Gasteiger partial charge in [0.05, 0.1) is 12.1 Å². The zero-order chi connectivity index (χ0) is 9.97. The van der Waals surface area contributed by atoms with Crippen LogP contribution in [-0.4, -0.2) is 19.1 Å². The maximum atomic E-state index is 11.4. The molecule has 14 heavy (non-hydrogen) atoms. The van der Waals surface area contributed by atoms with Crippen LogP contribution in [0.3, 0.4) is 0 Å². The number of rotatable bonds is 1. The molecule has 0 aromatic heterocycles. The van der Waals surface area contributed by atoms with E-state index in [1.807, 2.05) is 0 Å². The highest BCUT2D eigenvalue weighted by molar-refractivity contribution is 5.98. The Balaban J connectivity index is 2.49. The van der Waals surface area contributed by atoms with E-state index in [4.69, 9.17) is 4.74 Å². The van der Waals surface area contributed by atoms with Crippen molar-refractivity contribution in [2.45, 2.75) is 0 Å². The van der Waals surface area contributed by atoms with E-state index < -0.39 is 0 Å². The molecule has 1 aliphatic rings. The van der Waals surface area contributed by atoms with Crippen molar-refractivity contribution in [3.8, 4) is 5.75 Å². The Morgan fingerprint density at radius 2 is 2.29 bits per heavy atom. The molecule has 1 heterocycles. The molecule has 1 N–H and O–H groups in total. The van der Waals surface area contributed by atoms with Gasteiger partial charge >= 0.3 is 0 Å². The van der Waals surface area contributed by atoms with Crippen LogP contribution in [0.15, 0.2) is 23.4 Å². The fourth-order valence-corrected chi connectivity index (χ4v) is 1.30. The quantitative estimate of drug-likeness (QED) is 0.680. The molecule has 72 valence electrons. The first-order valence-electron chi connectivity index (χ1n) is 4.19. The fourth-order valence-electron chi connectivity index (χ4n) is 1.30. The van der Waals surface area contributed by atoms with Gasteiger partial charge in [-0.1, -0.05) is 0 Å². The predicted octanol–water partition coefficient (Wildman–Crippen LogP) is 1.21. The van der Waals surface area contributed by atoms with Crippen LogP contribution in [0, 0.1) is 4.91 Å². The van der Waals surface area contributed by atoms with E-state index in [-0.39, 0.29) is 11.6 Å². The highest BCUT2D eigenvalue weighted by atomic mass is 16.5. The number of fused-ring (bicyclic) bond motifs is 1. The Kier molecular flexibility index (Phi) is 2.14. The summed E-state index contributed by atoms with van der Waals surface area (Å²) < 4.78 is 5.29. The zero-order valence-electron chi connectivity index (χ0n) is 7.32. The Bertz CT molecular complexity index is 390. The first kappa shape index (κ1) is 8.68. The molecule has 0 fully saturated rings. The third-order valence-electron chi connectivity index (χ3n) is 1.96. The van der Waals surface area contributed by atoms with Crippen LogP contribution >= 0.6 is 0 Å². The predicted molar refractivity (Wildman–Crippen MR) is 49.7 cm³/mol.